The van der Waals surface area contributed by atoms with Crippen molar-refractivity contribution >= 4 is 21.6 Å². The number of nitrogens with zero attached hydrogens (tertiary/aromatic N) is 4. The summed E-state index contributed by atoms with van der Waals surface area (Å²) < 4.78 is 27.1. The lowest BCUT2D eigenvalue weighted by atomic mass is 10.1. The number of aromatic nitrogens is 1. The Morgan fingerprint density at radius 1 is 1.22 bits per heavy atom. The van der Waals surface area contributed by atoms with Crippen molar-refractivity contribution in [2.45, 2.75) is 24.8 Å². The molecule has 0 unspecified atom stereocenters. The van der Waals surface area contributed by atoms with Gasteiger partial charge in [0, 0.05) is 43.1 Å². The zero-order chi connectivity index (χ0) is 19.6. The van der Waals surface area contributed by atoms with Gasteiger partial charge in [-0.1, -0.05) is 24.3 Å². The monoisotopic (exact) mass is 384 g/mol. The number of benzene rings is 1. The summed E-state index contributed by atoms with van der Waals surface area (Å²) in [5.41, 5.74) is 1.71. The van der Waals surface area contributed by atoms with Crippen LogP contribution in [0.1, 0.15) is 23.0 Å². The fourth-order valence-corrected chi connectivity index (χ4v) is 4.64. The van der Waals surface area contributed by atoms with Crippen molar-refractivity contribution in [3.05, 3.63) is 65.3 Å². The van der Waals surface area contributed by atoms with Crippen molar-refractivity contribution in [1.82, 2.24) is 14.2 Å². The molecule has 8 heteroatoms. The first-order chi connectivity index (χ1) is 12.8. The minimum Gasteiger partial charge on any atom is -0.333 e. The maximum atomic E-state index is 12.9. The molecule has 1 aromatic heterocycles. The van der Waals surface area contributed by atoms with Gasteiger partial charge in [-0.25, -0.2) is 13.3 Å². The van der Waals surface area contributed by atoms with Gasteiger partial charge in [-0.3, -0.25) is 9.78 Å². The van der Waals surface area contributed by atoms with Crippen molar-refractivity contribution in [1.29, 1.82) is 0 Å². The van der Waals surface area contributed by atoms with E-state index in [-0.39, 0.29) is 29.9 Å². The quantitative estimate of drug-likeness (QED) is 0.762. The van der Waals surface area contributed by atoms with Crippen LogP contribution in [0.3, 0.4) is 0 Å². The Labute approximate surface area is 159 Å². The summed E-state index contributed by atoms with van der Waals surface area (Å²) in [4.78, 5) is 22.0. The standard InChI is InChI=1S/C19H20N4O3S/c1-14-12-16(8-9-21-14)19(24)23-11-10-22(13-15(23)2)27(25,26)18-6-4-17(20-3)5-7-18/h4-9,12,15H,10-11,13H2,1-2H3/t15-/m0/s1. The van der Waals surface area contributed by atoms with Gasteiger partial charge in [0.15, 0.2) is 5.69 Å². The molecular weight excluding hydrogens is 364 g/mol. The van der Waals surface area contributed by atoms with Gasteiger partial charge in [0.2, 0.25) is 10.0 Å². The van der Waals surface area contributed by atoms with E-state index in [1.54, 1.807) is 23.2 Å². The van der Waals surface area contributed by atoms with Crippen molar-refractivity contribution in [3.63, 3.8) is 0 Å². The highest BCUT2D eigenvalue weighted by Crippen LogP contribution is 2.23. The van der Waals surface area contributed by atoms with E-state index in [4.69, 9.17) is 6.57 Å². The summed E-state index contributed by atoms with van der Waals surface area (Å²) in [7, 11) is -3.66. The van der Waals surface area contributed by atoms with Crippen LogP contribution in [0.25, 0.3) is 4.85 Å². The number of rotatable bonds is 3. The third-order valence-corrected chi connectivity index (χ3v) is 6.48. The molecule has 3 rings (SSSR count). The normalized spacial score (nSPS) is 18.1. The van der Waals surface area contributed by atoms with E-state index in [1.807, 2.05) is 13.8 Å². The van der Waals surface area contributed by atoms with Crippen molar-refractivity contribution in [2.75, 3.05) is 19.6 Å². The predicted molar refractivity (Wildman–Crippen MR) is 101 cm³/mol. The van der Waals surface area contributed by atoms with Crippen LogP contribution in [0.2, 0.25) is 0 Å². The summed E-state index contributed by atoms with van der Waals surface area (Å²) in [6.07, 6.45) is 1.60. The molecule has 27 heavy (non-hydrogen) atoms. The first kappa shape index (κ1) is 19.0. The Morgan fingerprint density at radius 3 is 2.52 bits per heavy atom. The predicted octanol–water partition coefficient (Wildman–Crippen LogP) is 2.48. The molecule has 0 spiro atoms. The number of sulfonamides is 1. The molecule has 7 nitrogen and oxygen atoms in total. The number of amides is 1. The van der Waals surface area contributed by atoms with Crippen LogP contribution in [-0.2, 0) is 10.0 Å². The zero-order valence-electron chi connectivity index (χ0n) is 15.2. The number of piperazine rings is 1. The molecule has 2 heterocycles. The summed E-state index contributed by atoms with van der Waals surface area (Å²) >= 11 is 0. The smallest absolute Gasteiger partial charge is 0.254 e. The Hall–Kier alpha value is -2.76. The first-order valence-electron chi connectivity index (χ1n) is 8.54. The van der Waals surface area contributed by atoms with E-state index in [1.165, 1.54) is 28.6 Å². The highest BCUT2D eigenvalue weighted by Gasteiger charge is 2.34. The summed E-state index contributed by atoms with van der Waals surface area (Å²) in [5.74, 6) is -0.119. The Kier molecular flexibility index (Phi) is 5.26. The number of carbonyl (C=O) groups is 1. The second-order valence-corrected chi connectivity index (χ2v) is 8.44. The molecule has 140 valence electrons. The van der Waals surface area contributed by atoms with Crippen molar-refractivity contribution < 1.29 is 13.2 Å². The molecule has 0 aliphatic carbocycles. The molecule has 0 radical (unpaired) electrons. The third kappa shape index (κ3) is 3.84. The summed E-state index contributed by atoms with van der Waals surface area (Å²) in [6.45, 7) is 11.4. The number of hydrogen-bond acceptors (Lipinski definition) is 4. The van der Waals surface area contributed by atoms with Crippen molar-refractivity contribution in [3.8, 4) is 0 Å². The van der Waals surface area contributed by atoms with E-state index < -0.39 is 10.0 Å². The Balaban J connectivity index is 1.76. The fraction of sp³-hybridized carbons (Fsp3) is 0.316. The Bertz CT molecular complexity index is 996. The molecule has 1 fully saturated rings. The molecule has 0 bridgehead atoms. The van der Waals surface area contributed by atoms with Gasteiger partial charge >= 0.3 is 0 Å². The van der Waals surface area contributed by atoms with Gasteiger partial charge in [0.1, 0.15) is 0 Å². The van der Waals surface area contributed by atoms with Crippen LogP contribution in [-0.4, -0.2) is 54.2 Å². The number of hydrogen-bond donors (Lipinski definition) is 0. The zero-order valence-corrected chi connectivity index (χ0v) is 16.0. The van der Waals surface area contributed by atoms with Crippen LogP contribution in [0, 0.1) is 13.5 Å². The molecule has 0 N–H and O–H groups in total. The number of aryl methyl sites for hydroxylation is 1. The molecule has 2 aromatic rings. The van der Waals surface area contributed by atoms with Gasteiger partial charge in [-0.2, -0.15) is 4.31 Å². The second-order valence-electron chi connectivity index (χ2n) is 6.50. The van der Waals surface area contributed by atoms with E-state index in [0.29, 0.717) is 17.8 Å². The number of pyridine rings is 1. The second kappa shape index (κ2) is 7.47. The highest BCUT2D eigenvalue weighted by molar-refractivity contribution is 7.89. The fourth-order valence-electron chi connectivity index (χ4n) is 3.13. The lowest BCUT2D eigenvalue weighted by Crippen LogP contribution is -2.55. The van der Waals surface area contributed by atoms with E-state index in [9.17, 15) is 13.2 Å². The number of carbonyl (C=O) groups excluding carboxylic acids is 1. The molecule has 1 aliphatic heterocycles. The van der Waals surface area contributed by atoms with E-state index >= 15 is 0 Å². The largest absolute Gasteiger partial charge is 0.333 e. The lowest BCUT2D eigenvalue weighted by molar-refractivity contribution is 0.0591. The Morgan fingerprint density at radius 2 is 1.93 bits per heavy atom. The van der Waals surface area contributed by atoms with Crippen LogP contribution in [0.15, 0.2) is 47.5 Å². The summed E-state index contributed by atoms with van der Waals surface area (Å²) in [6, 6.07) is 9.04. The SMILES string of the molecule is [C-]#[N+]c1ccc(S(=O)(=O)N2CCN(C(=O)c3ccnc(C)c3)[C@@H](C)C2)cc1. The van der Waals surface area contributed by atoms with E-state index in [0.717, 1.165) is 5.69 Å². The average Bonchev–Trinajstić information content (AvgIpc) is 2.67. The minimum absolute atomic E-state index is 0.119. The molecule has 1 saturated heterocycles. The molecular formula is C19H20N4O3S. The third-order valence-electron chi connectivity index (χ3n) is 4.60. The highest BCUT2D eigenvalue weighted by atomic mass is 32.2. The minimum atomic E-state index is -3.66. The molecule has 1 aromatic carbocycles. The average molecular weight is 384 g/mol. The maximum Gasteiger partial charge on any atom is 0.254 e. The summed E-state index contributed by atoms with van der Waals surface area (Å²) in [5, 5.41) is 0. The molecule has 1 aliphatic rings. The van der Waals surface area contributed by atoms with Crippen LogP contribution in [0.4, 0.5) is 5.69 Å². The van der Waals surface area contributed by atoms with Crippen LogP contribution < -0.4 is 0 Å². The van der Waals surface area contributed by atoms with Crippen LogP contribution in [0.5, 0.6) is 0 Å². The topological polar surface area (TPSA) is 74.9 Å². The lowest BCUT2D eigenvalue weighted by Gasteiger charge is -2.39. The van der Waals surface area contributed by atoms with E-state index in [2.05, 4.69) is 9.83 Å². The molecule has 0 saturated carbocycles. The van der Waals surface area contributed by atoms with Crippen LogP contribution >= 0.6 is 0 Å². The van der Waals surface area contributed by atoms with Gasteiger partial charge in [0.25, 0.3) is 5.91 Å². The van der Waals surface area contributed by atoms with Crippen molar-refractivity contribution in [2.24, 2.45) is 0 Å². The van der Waals surface area contributed by atoms with Gasteiger partial charge < -0.3 is 4.90 Å². The maximum absolute atomic E-state index is 12.9. The van der Waals surface area contributed by atoms with Gasteiger partial charge in [-0.15, -0.1) is 0 Å². The molecule has 1 amide bonds. The first-order valence-corrected chi connectivity index (χ1v) is 9.98. The molecule has 1 atom stereocenters. The van der Waals surface area contributed by atoms with Gasteiger partial charge in [0.05, 0.1) is 11.5 Å². The van der Waals surface area contributed by atoms with Gasteiger partial charge in [-0.05, 0) is 26.0 Å².